The molecule has 6 nitrogen and oxygen atoms in total. The maximum Gasteiger partial charge on any atom is 0.255 e. The second-order valence-electron chi connectivity index (χ2n) is 8.89. The fourth-order valence-electron chi connectivity index (χ4n) is 4.39. The Morgan fingerprint density at radius 1 is 0.971 bits per heavy atom. The van der Waals surface area contributed by atoms with Gasteiger partial charge in [-0.1, -0.05) is 48.0 Å². The number of carbonyl (C=O) groups is 2. The molecule has 1 unspecified atom stereocenters. The average Bonchev–Trinajstić information content (AvgIpc) is 2.85. The largest absolute Gasteiger partial charge is 0.497 e. The van der Waals surface area contributed by atoms with Crippen molar-refractivity contribution < 1.29 is 19.1 Å². The average molecular weight is 459 g/mol. The van der Waals surface area contributed by atoms with Crippen molar-refractivity contribution in [1.29, 1.82) is 0 Å². The van der Waals surface area contributed by atoms with Crippen molar-refractivity contribution in [3.05, 3.63) is 94.5 Å². The van der Waals surface area contributed by atoms with Crippen LogP contribution in [0.4, 0.5) is 0 Å². The first kappa shape index (κ1) is 23.4. The van der Waals surface area contributed by atoms with Gasteiger partial charge in [0, 0.05) is 31.1 Å². The lowest BCUT2D eigenvalue weighted by molar-refractivity contribution is -0.132. The second kappa shape index (κ2) is 9.59. The Bertz CT molecular complexity index is 1180. The molecule has 1 N–H and O–H groups in total. The van der Waals surface area contributed by atoms with E-state index in [1.807, 2.05) is 74.5 Å². The molecule has 0 aromatic heterocycles. The lowest BCUT2D eigenvalue weighted by Gasteiger charge is -2.44. The Labute approximate surface area is 200 Å². The standard InChI is InChI=1S/C28H30N2O4/c1-19-9-11-20(12-10-19)17-29-27(32)28(2)16-22-7-5-6-8-25(22)26(31)30(28)18-21-13-23(33-3)15-24(14-21)34-4/h5-15H,16-18H2,1-4H3,(H,29,32). The molecule has 2 amide bonds. The van der Waals surface area contributed by atoms with Crippen LogP contribution < -0.4 is 14.8 Å². The molecule has 0 fully saturated rings. The number of methoxy groups -OCH3 is 2. The van der Waals surface area contributed by atoms with E-state index in [1.165, 1.54) is 0 Å². The molecule has 1 atom stereocenters. The van der Waals surface area contributed by atoms with Crippen molar-refractivity contribution in [3.63, 3.8) is 0 Å². The Morgan fingerprint density at radius 3 is 2.26 bits per heavy atom. The third-order valence-electron chi connectivity index (χ3n) is 6.44. The fraction of sp³-hybridized carbons (Fsp3) is 0.286. The maximum absolute atomic E-state index is 13.6. The fourth-order valence-corrected chi connectivity index (χ4v) is 4.39. The zero-order valence-electron chi connectivity index (χ0n) is 20.1. The monoisotopic (exact) mass is 458 g/mol. The quantitative estimate of drug-likeness (QED) is 0.574. The molecule has 6 heteroatoms. The minimum Gasteiger partial charge on any atom is -0.497 e. The van der Waals surface area contributed by atoms with Gasteiger partial charge in [-0.3, -0.25) is 9.59 Å². The topological polar surface area (TPSA) is 67.9 Å². The predicted molar refractivity (Wildman–Crippen MR) is 131 cm³/mol. The third kappa shape index (κ3) is 4.62. The minimum absolute atomic E-state index is 0.170. The molecule has 0 spiro atoms. The minimum atomic E-state index is -1.06. The van der Waals surface area contributed by atoms with Gasteiger partial charge >= 0.3 is 0 Å². The number of nitrogens with one attached hydrogen (secondary N) is 1. The molecule has 4 rings (SSSR count). The number of carbonyl (C=O) groups excluding carboxylic acids is 2. The molecule has 176 valence electrons. The van der Waals surface area contributed by atoms with E-state index in [2.05, 4.69) is 5.32 Å². The molecule has 1 aliphatic heterocycles. The lowest BCUT2D eigenvalue weighted by Crippen LogP contribution is -2.62. The van der Waals surface area contributed by atoms with Crippen LogP contribution in [0, 0.1) is 6.92 Å². The normalized spacial score (nSPS) is 17.2. The summed E-state index contributed by atoms with van der Waals surface area (Å²) in [7, 11) is 3.17. The molecule has 1 heterocycles. The van der Waals surface area contributed by atoms with Gasteiger partial charge in [-0.2, -0.15) is 0 Å². The maximum atomic E-state index is 13.6. The highest BCUT2D eigenvalue weighted by molar-refractivity contribution is 6.02. The van der Waals surface area contributed by atoms with Crippen LogP contribution in [-0.4, -0.2) is 36.5 Å². The Morgan fingerprint density at radius 2 is 1.62 bits per heavy atom. The van der Waals surface area contributed by atoms with Gasteiger partial charge < -0.3 is 19.7 Å². The van der Waals surface area contributed by atoms with E-state index in [0.717, 1.165) is 22.3 Å². The summed E-state index contributed by atoms with van der Waals surface area (Å²) < 4.78 is 10.8. The van der Waals surface area contributed by atoms with Crippen LogP contribution in [0.1, 0.15) is 39.5 Å². The summed E-state index contributed by atoms with van der Waals surface area (Å²) in [5.41, 5.74) is 3.43. The summed E-state index contributed by atoms with van der Waals surface area (Å²) in [5.74, 6) is 0.900. The van der Waals surface area contributed by atoms with Crippen molar-refractivity contribution in [2.75, 3.05) is 14.2 Å². The van der Waals surface area contributed by atoms with Crippen LogP contribution in [0.2, 0.25) is 0 Å². The first-order valence-electron chi connectivity index (χ1n) is 11.3. The smallest absolute Gasteiger partial charge is 0.255 e. The molecule has 0 radical (unpaired) electrons. The first-order valence-corrected chi connectivity index (χ1v) is 11.3. The van der Waals surface area contributed by atoms with E-state index in [9.17, 15) is 9.59 Å². The van der Waals surface area contributed by atoms with Gasteiger partial charge in [0.25, 0.3) is 5.91 Å². The van der Waals surface area contributed by atoms with Crippen LogP contribution in [0.15, 0.2) is 66.7 Å². The van der Waals surface area contributed by atoms with Crippen LogP contribution >= 0.6 is 0 Å². The number of hydrogen-bond donors (Lipinski definition) is 1. The number of rotatable bonds is 7. The zero-order chi connectivity index (χ0) is 24.3. The van der Waals surface area contributed by atoms with Crippen LogP contribution in [0.25, 0.3) is 0 Å². The van der Waals surface area contributed by atoms with E-state index in [1.54, 1.807) is 25.2 Å². The highest BCUT2D eigenvalue weighted by atomic mass is 16.5. The summed E-state index contributed by atoms with van der Waals surface area (Å²) in [6.45, 7) is 4.50. The Balaban J connectivity index is 1.67. The predicted octanol–water partition coefficient (Wildman–Crippen LogP) is 4.29. The molecule has 0 saturated heterocycles. The van der Waals surface area contributed by atoms with E-state index < -0.39 is 5.54 Å². The highest BCUT2D eigenvalue weighted by Gasteiger charge is 2.46. The van der Waals surface area contributed by atoms with Crippen molar-refractivity contribution in [3.8, 4) is 11.5 Å². The van der Waals surface area contributed by atoms with Crippen molar-refractivity contribution in [2.45, 2.75) is 38.9 Å². The molecular weight excluding hydrogens is 428 g/mol. The van der Waals surface area contributed by atoms with Gasteiger partial charge in [0.1, 0.15) is 17.0 Å². The van der Waals surface area contributed by atoms with Gasteiger partial charge in [-0.15, -0.1) is 0 Å². The number of amides is 2. The van der Waals surface area contributed by atoms with Crippen molar-refractivity contribution in [2.24, 2.45) is 0 Å². The van der Waals surface area contributed by atoms with Crippen LogP contribution in [-0.2, 0) is 24.3 Å². The SMILES string of the molecule is COc1cc(CN2C(=O)c3ccccc3CC2(C)C(=O)NCc2ccc(C)cc2)cc(OC)c1. The number of nitrogens with zero attached hydrogens (tertiary/aromatic N) is 1. The summed E-state index contributed by atoms with van der Waals surface area (Å²) in [5, 5.41) is 3.06. The highest BCUT2D eigenvalue weighted by Crippen LogP contribution is 2.34. The third-order valence-corrected chi connectivity index (χ3v) is 6.44. The Hall–Kier alpha value is -3.80. The summed E-state index contributed by atoms with van der Waals surface area (Å²) in [6, 6.07) is 21.0. The van der Waals surface area contributed by atoms with Gasteiger partial charge in [0.2, 0.25) is 5.91 Å². The lowest BCUT2D eigenvalue weighted by atomic mass is 9.82. The van der Waals surface area contributed by atoms with Gasteiger partial charge in [-0.05, 0) is 48.7 Å². The molecule has 0 saturated carbocycles. The van der Waals surface area contributed by atoms with Gasteiger partial charge in [0.15, 0.2) is 0 Å². The molecule has 3 aromatic rings. The molecular formula is C28H30N2O4. The van der Waals surface area contributed by atoms with E-state index in [0.29, 0.717) is 30.0 Å². The number of ether oxygens (including phenoxy) is 2. The van der Waals surface area contributed by atoms with Crippen molar-refractivity contribution >= 4 is 11.8 Å². The second-order valence-corrected chi connectivity index (χ2v) is 8.89. The molecule has 0 aliphatic carbocycles. The van der Waals surface area contributed by atoms with E-state index in [4.69, 9.17) is 9.47 Å². The first-order chi connectivity index (χ1) is 16.3. The number of hydrogen-bond acceptors (Lipinski definition) is 4. The zero-order valence-corrected chi connectivity index (χ0v) is 20.1. The number of fused-ring (bicyclic) bond motifs is 1. The van der Waals surface area contributed by atoms with Crippen LogP contribution in [0.3, 0.4) is 0 Å². The van der Waals surface area contributed by atoms with E-state index in [-0.39, 0.29) is 18.4 Å². The summed E-state index contributed by atoms with van der Waals surface area (Å²) >= 11 is 0. The molecule has 1 aliphatic rings. The summed E-state index contributed by atoms with van der Waals surface area (Å²) in [4.78, 5) is 28.9. The summed E-state index contributed by atoms with van der Waals surface area (Å²) in [6.07, 6.45) is 0.426. The molecule has 0 bridgehead atoms. The number of benzene rings is 3. The van der Waals surface area contributed by atoms with Gasteiger partial charge in [-0.25, -0.2) is 0 Å². The van der Waals surface area contributed by atoms with Crippen molar-refractivity contribution in [1.82, 2.24) is 10.2 Å². The van der Waals surface area contributed by atoms with Gasteiger partial charge in [0.05, 0.1) is 14.2 Å². The number of aryl methyl sites for hydroxylation is 1. The molecule has 3 aromatic carbocycles. The Kier molecular flexibility index (Phi) is 6.59. The molecule has 34 heavy (non-hydrogen) atoms. The van der Waals surface area contributed by atoms with Crippen LogP contribution in [0.5, 0.6) is 11.5 Å². The van der Waals surface area contributed by atoms with E-state index >= 15 is 0 Å².